The van der Waals surface area contributed by atoms with E-state index >= 15 is 0 Å². The van der Waals surface area contributed by atoms with Crippen molar-refractivity contribution in [3.05, 3.63) is 97.5 Å². The van der Waals surface area contributed by atoms with Crippen molar-refractivity contribution in [1.29, 1.82) is 0 Å². The Bertz CT molecular complexity index is 944. The van der Waals surface area contributed by atoms with Gasteiger partial charge in [-0.2, -0.15) is 0 Å². The highest BCUT2D eigenvalue weighted by Crippen LogP contribution is 2.24. The molecular formula is C28H30O6. The molecule has 0 aliphatic heterocycles. The molecule has 0 N–H and O–H groups in total. The van der Waals surface area contributed by atoms with Crippen LogP contribution >= 0.6 is 0 Å². The van der Waals surface area contributed by atoms with E-state index in [1.54, 1.807) is 26.0 Å². The number of carbonyl (C=O) groups is 2. The fourth-order valence-electron chi connectivity index (χ4n) is 2.53. The third-order valence-corrected chi connectivity index (χ3v) is 4.39. The van der Waals surface area contributed by atoms with Gasteiger partial charge in [0.15, 0.2) is 0 Å². The van der Waals surface area contributed by atoms with E-state index in [0.29, 0.717) is 37.2 Å². The maximum atomic E-state index is 11.3. The van der Waals surface area contributed by atoms with Gasteiger partial charge < -0.3 is 18.9 Å². The predicted octanol–water partition coefficient (Wildman–Crippen LogP) is 6.16. The molecule has 0 radical (unpaired) electrons. The second kappa shape index (κ2) is 14.2. The average molecular weight is 463 g/mol. The summed E-state index contributed by atoms with van der Waals surface area (Å²) in [7, 11) is 0. The Labute approximate surface area is 200 Å². The highest BCUT2D eigenvalue weighted by molar-refractivity contribution is 5.87. The van der Waals surface area contributed by atoms with Crippen molar-refractivity contribution in [3.8, 4) is 22.6 Å². The van der Waals surface area contributed by atoms with E-state index < -0.39 is 11.9 Å². The van der Waals surface area contributed by atoms with Gasteiger partial charge >= 0.3 is 11.9 Å². The number of hydrogen-bond donors (Lipinski definition) is 0. The lowest BCUT2D eigenvalue weighted by atomic mass is 10.1. The molecule has 0 saturated carbocycles. The minimum Gasteiger partial charge on any atom is -0.493 e. The molecule has 0 aromatic heterocycles. The fourth-order valence-corrected chi connectivity index (χ4v) is 2.53. The first kappa shape index (κ1) is 26.2. The topological polar surface area (TPSA) is 71.1 Å². The molecule has 0 aliphatic rings. The molecule has 0 fully saturated rings. The summed E-state index contributed by atoms with van der Waals surface area (Å²) in [6.45, 7) is 11.2. The number of ether oxygens (including phenoxy) is 4. The van der Waals surface area contributed by atoms with Crippen molar-refractivity contribution in [1.82, 2.24) is 0 Å². The van der Waals surface area contributed by atoms with Crippen LogP contribution in [-0.2, 0) is 19.1 Å². The molecule has 0 amide bonds. The van der Waals surface area contributed by atoms with E-state index in [9.17, 15) is 9.59 Å². The maximum Gasteiger partial charge on any atom is 0.337 e. The summed E-state index contributed by atoms with van der Waals surface area (Å²) in [6, 6.07) is 15.6. The number of hydrogen-bond acceptors (Lipinski definition) is 6. The summed E-state index contributed by atoms with van der Waals surface area (Å²) >= 11 is 0. The summed E-state index contributed by atoms with van der Waals surface area (Å²) in [5, 5.41) is 0. The van der Waals surface area contributed by atoms with Gasteiger partial charge in [0.05, 0.1) is 25.7 Å². The zero-order valence-corrected chi connectivity index (χ0v) is 19.6. The largest absolute Gasteiger partial charge is 0.493 e. The second-order valence-electron chi connectivity index (χ2n) is 7.44. The first-order chi connectivity index (χ1) is 16.4. The highest BCUT2D eigenvalue weighted by atomic mass is 16.5. The molecule has 0 spiro atoms. The minimum atomic E-state index is -0.441. The van der Waals surface area contributed by atoms with Crippen molar-refractivity contribution in [2.24, 2.45) is 0 Å². The smallest absolute Gasteiger partial charge is 0.337 e. The van der Waals surface area contributed by atoms with Gasteiger partial charge in [-0.25, -0.2) is 9.59 Å². The third-order valence-electron chi connectivity index (χ3n) is 4.39. The molecule has 0 saturated heterocycles. The fraction of sp³-hybridized carbons (Fsp3) is 0.214. The number of rotatable bonds is 13. The van der Waals surface area contributed by atoms with Crippen LogP contribution in [0.2, 0.25) is 0 Å². The Morgan fingerprint density at radius 3 is 1.35 bits per heavy atom. The predicted molar refractivity (Wildman–Crippen MR) is 132 cm³/mol. The lowest BCUT2D eigenvalue weighted by Gasteiger charge is -2.08. The van der Waals surface area contributed by atoms with Crippen LogP contribution in [0.5, 0.6) is 11.5 Å². The average Bonchev–Trinajstić information content (AvgIpc) is 2.83. The molecule has 0 unspecified atom stereocenters. The van der Waals surface area contributed by atoms with Crippen LogP contribution in [0.1, 0.15) is 26.7 Å². The summed E-state index contributed by atoms with van der Waals surface area (Å²) in [5.41, 5.74) is 2.84. The van der Waals surface area contributed by atoms with E-state index in [1.165, 1.54) is 12.5 Å². The van der Waals surface area contributed by atoms with Gasteiger partial charge in [-0.1, -0.05) is 37.4 Å². The molecule has 6 heteroatoms. The van der Waals surface area contributed by atoms with Gasteiger partial charge in [-0.3, -0.25) is 0 Å². The second-order valence-corrected chi connectivity index (χ2v) is 7.44. The van der Waals surface area contributed by atoms with Crippen molar-refractivity contribution < 1.29 is 28.5 Å². The zero-order chi connectivity index (χ0) is 24.8. The van der Waals surface area contributed by atoms with Crippen LogP contribution in [-0.4, -0.2) is 25.2 Å². The molecule has 0 aliphatic carbocycles. The van der Waals surface area contributed by atoms with Crippen molar-refractivity contribution >= 4 is 11.9 Å². The van der Waals surface area contributed by atoms with Crippen molar-refractivity contribution in [3.63, 3.8) is 0 Å². The van der Waals surface area contributed by atoms with E-state index in [2.05, 4.69) is 13.2 Å². The van der Waals surface area contributed by atoms with Gasteiger partial charge in [0.2, 0.25) is 0 Å². The third kappa shape index (κ3) is 9.61. The van der Waals surface area contributed by atoms with E-state index in [1.807, 2.05) is 48.5 Å². The van der Waals surface area contributed by atoms with Gasteiger partial charge in [0.1, 0.15) is 11.5 Å². The minimum absolute atomic E-state index is 0.358. The molecule has 34 heavy (non-hydrogen) atoms. The van der Waals surface area contributed by atoms with Crippen LogP contribution in [0.4, 0.5) is 0 Å². The maximum absolute atomic E-state index is 11.3. The molecular weight excluding hydrogens is 432 g/mol. The number of benzene rings is 2. The quantitative estimate of drug-likeness (QED) is 0.154. The molecule has 6 nitrogen and oxygen atoms in total. The molecule has 0 heterocycles. The first-order valence-corrected chi connectivity index (χ1v) is 10.9. The summed E-state index contributed by atoms with van der Waals surface area (Å²) in [4.78, 5) is 22.5. The van der Waals surface area contributed by atoms with Crippen LogP contribution in [0.3, 0.4) is 0 Å². The number of esters is 2. The highest BCUT2D eigenvalue weighted by Gasteiger charge is 2.02. The number of carbonyl (C=O) groups excluding carboxylic acids is 2. The molecule has 2 aromatic rings. The van der Waals surface area contributed by atoms with Crippen LogP contribution in [0.15, 0.2) is 97.5 Å². The standard InChI is InChI=1S/C28H30O6/c1-21(2)27(29)33-19-7-5-17-31-25-13-9-23(10-14-25)24-11-15-26(16-12-24)32-18-6-8-20-34-28(30)22(3)4/h7-16,19-20H,1,3,5-6,17-18H2,2,4H3/b19-7+,20-8+. The lowest BCUT2D eigenvalue weighted by Crippen LogP contribution is -2.00. The monoisotopic (exact) mass is 462 g/mol. The Morgan fingerprint density at radius 1 is 0.676 bits per heavy atom. The van der Waals surface area contributed by atoms with Crippen LogP contribution in [0, 0.1) is 0 Å². The molecule has 0 bridgehead atoms. The Balaban J connectivity index is 1.72. The van der Waals surface area contributed by atoms with Gasteiger partial charge in [0.25, 0.3) is 0 Å². The summed E-state index contributed by atoms with van der Waals surface area (Å²) in [5.74, 6) is 0.641. The molecule has 0 atom stereocenters. The molecule has 178 valence electrons. The van der Waals surface area contributed by atoms with Crippen LogP contribution in [0.25, 0.3) is 11.1 Å². The Morgan fingerprint density at radius 2 is 1.03 bits per heavy atom. The molecule has 2 aromatic carbocycles. The normalized spacial score (nSPS) is 10.8. The van der Waals surface area contributed by atoms with Gasteiger partial charge in [-0.05, 0) is 61.4 Å². The SMILES string of the molecule is C=C(C)C(=O)O/C=C/CCOc1ccc(-c2ccc(OCC/C=C/OC(=O)C(=C)C)cc2)cc1. The molecule has 2 rings (SSSR count). The Kier molecular flexibility index (Phi) is 10.9. The van der Waals surface area contributed by atoms with Crippen molar-refractivity contribution in [2.75, 3.05) is 13.2 Å². The van der Waals surface area contributed by atoms with Crippen LogP contribution < -0.4 is 9.47 Å². The summed E-state index contributed by atoms with van der Waals surface area (Å²) in [6.07, 6.45) is 7.40. The Hall–Kier alpha value is -4.06. The first-order valence-electron chi connectivity index (χ1n) is 10.9. The van der Waals surface area contributed by atoms with Gasteiger partial charge in [0, 0.05) is 24.0 Å². The zero-order valence-electron chi connectivity index (χ0n) is 19.6. The summed E-state index contributed by atoms with van der Waals surface area (Å²) < 4.78 is 21.2. The van der Waals surface area contributed by atoms with E-state index in [0.717, 1.165) is 22.6 Å². The van der Waals surface area contributed by atoms with E-state index in [4.69, 9.17) is 18.9 Å². The van der Waals surface area contributed by atoms with Gasteiger partial charge in [-0.15, -0.1) is 0 Å². The van der Waals surface area contributed by atoms with Crippen molar-refractivity contribution in [2.45, 2.75) is 26.7 Å². The van der Waals surface area contributed by atoms with E-state index in [-0.39, 0.29) is 0 Å². The lowest BCUT2D eigenvalue weighted by molar-refractivity contribution is -0.134.